The lowest BCUT2D eigenvalue weighted by molar-refractivity contribution is -0.139. The van der Waals surface area contributed by atoms with Gasteiger partial charge in [-0.25, -0.2) is 0 Å². The first-order chi connectivity index (χ1) is 15.0. The quantitative estimate of drug-likeness (QED) is 0.143. The summed E-state index contributed by atoms with van der Waals surface area (Å²) in [6.45, 7) is 2.13. The van der Waals surface area contributed by atoms with Gasteiger partial charge in [-0.05, 0) is 0 Å². The lowest BCUT2D eigenvalue weighted by Crippen LogP contribution is -2.42. The normalized spacial score (nSPS) is 11.2. The average Bonchev–Trinajstić information content (AvgIpc) is 2.68. The second-order valence-electron chi connectivity index (χ2n) is 7.24. The standard InChI is InChI=1S/C19H33N3O10/c23-15(24)1-6-20(7-2-16(25)26)11-13-22(10-5-19(31)32)14-12-21(8-3-17(27)28)9-4-18(29)30/h1-14H2,(H,23,24)(H,25,26)(H,27,28)(H,29,30)(H,31,32). The van der Waals surface area contributed by atoms with Crippen molar-refractivity contribution in [3.05, 3.63) is 0 Å². The SMILES string of the molecule is O=C(O)CCN(CCC(=O)O)CCN(CCC(=O)O)CCN(CCC(=O)O)CCC(=O)O. The van der Waals surface area contributed by atoms with E-state index < -0.39 is 29.8 Å². The molecule has 0 aromatic carbocycles. The topological polar surface area (TPSA) is 196 Å². The Balaban J connectivity index is 4.97. The predicted molar refractivity (Wildman–Crippen MR) is 111 cm³/mol. The van der Waals surface area contributed by atoms with Crippen molar-refractivity contribution in [2.75, 3.05) is 58.9 Å². The fraction of sp³-hybridized carbons (Fsp3) is 0.737. The van der Waals surface area contributed by atoms with E-state index in [2.05, 4.69) is 0 Å². The molecule has 13 nitrogen and oxygen atoms in total. The zero-order valence-electron chi connectivity index (χ0n) is 18.0. The molecule has 13 heteroatoms. The number of hydrogen-bond donors (Lipinski definition) is 5. The van der Waals surface area contributed by atoms with E-state index in [0.29, 0.717) is 26.2 Å². The molecule has 0 saturated carbocycles. The van der Waals surface area contributed by atoms with Gasteiger partial charge >= 0.3 is 29.8 Å². The van der Waals surface area contributed by atoms with E-state index in [0.717, 1.165) is 0 Å². The van der Waals surface area contributed by atoms with Crippen LogP contribution in [0.1, 0.15) is 32.1 Å². The minimum Gasteiger partial charge on any atom is -0.481 e. The van der Waals surface area contributed by atoms with E-state index in [-0.39, 0.29) is 64.8 Å². The van der Waals surface area contributed by atoms with Crippen molar-refractivity contribution in [3.8, 4) is 0 Å². The minimum atomic E-state index is -1.01. The maximum Gasteiger partial charge on any atom is 0.304 e. The molecule has 0 heterocycles. The Morgan fingerprint density at radius 3 is 0.656 bits per heavy atom. The van der Waals surface area contributed by atoms with E-state index in [4.69, 9.17) is 25.5 Å². The van der Waals surface area contributed by atoms with Crippen molar-refractivity contribution in [1.82, 2.24) is 14.7 Å². The van der Waals surface area contributed by atoms with Crippen molar-refractivity contribution < 1.29 is 49.5 Å². The summed E-state index contributed by atoms with van der Waals surface area (Å²) in [6.07, 6.45) is -0.784. The molecule has 0 unspecified atom stereocenters. The molecular weight excluding hydrogens is 430 g/mol. The number of aliphatic carboxylic acids is 5. The summed E-state index contributed by atoms with van der Waals surface area (Å²) in [7, 11) is 0. The summed E-state index contributed by atoms with van der Waals surface area (Å²) < 4.78 is 0. The molecule has 0 aromatic rings. The lowest BCUT2D eigenvalue weighted by Gasteiger charge is -2.29. The third kappa shape index (κ3) is 18.0. The summed E-state index contributed by atoms with van der Waals surface area (Å²) in [6, 6.07) is 0. The van der Waals surface area contributed by atoms with Crippen LogP contribution in [0.2, 0.25) is 0 Å². The summed E-state index contributed by atoms with van der Waals surface area (Å²) in [5.41, 5.74) is 0. The lowest BCUT2D eigenvalue weighted by atomic mass is 10.3. The van der Waals surface area contributed by atoms with Gasteiger partial charge in [0.1, 0.15) is 0 Å². The summed E-state index contributed by atoms with van der Waals surface area (Å²) in [5, 5.41) is 44.5. The van der Waals surface area contributed by atoms with Gasteiger partial charge in [0.25, 0.3) is 0 Å². The van der Waals surface area contributed by atoms with Crippen molar-refractivity contribution in [2.24, 2.45) is 0 Å². The molecule has 0 spiro atoms. The molecule has 5 N–H and O–H groups in total. The van der Waals surface area contributed by atoms with Crippen LogP contribution in [0.3, 0.4) is 0 Å². The number of nitrogens with zero attached hydrogens (tertiary/aromatic N) is 3. The first kappa shape index (κ1) is 29.2. The van der Waals surface area contributed by atoms with E-state index in [1.807, 2.05) is 0 Å². The third-order valence-electron chi connectivity index (χ3n) is 4.67. The molecule has 0 aromatic heterocycles. The van der Waals surface area contributed by atoms with Crippen LogP contribution in [0.25, 0.3) is 0 Å². The molecule has 0 atom stereocenters. The molecule has 0 fully saturated rings. The Bertz CT molecular complexity index is 548. The predicted octanol–water partition coefficient (Wildman–Crippen LogP) is -0.734. The maximum absolute atomic E-state index is 11.0. The van der Waals surface area contributed by atoms with Crippen LogP contribution in [0.5, 0.6) is 0 Å². The number of carbonyl (C=O) groups is 5. The number of carboxylic acids is 5. The fourth-order valence-corrected chi connectivity index (χ4v) is 2.84. The van der Waals surface area contributed by atoms with Crippen molar-refractivity contribution >= 4 is 29.8 Å². The molecule has 0 rings (SSSR count). The molecule has 0 bridgehead atoms. The van der Waals surface area contributed by atoms with E-state index in [1.54, 1.807) is 14.7 Å². The highest BCUT2D eigenvalue weighted by molar-refractivity contribution is 5.68. The Labute approximate surface area is 185 Å². The van der Waals surface area contributed by atoms with Crippen LogP contribution in [0, 0.1) is 0 Å². The highest BCUT2D eigenvalue weighted by Crippen LogP contribution is 2.02. The maximum atomic E-state index is 11.0. The zero-order chi connectivity index (χ0) is 24.5. The van der Waals surface area contributed by atoms with Crippen molar-refractivity contribution in [3.63, 3.8) is 0 Å². The Hall–Kier alpha value is -2.77. The van der Waals surface area contributed by atoms with Crippen LogP contribution in [-0.2, 0) is 24.0 Å². The Morgan fingerprint density at radius 2 is 0.500 bits per heavy atom. The zero-order valence-corrected chi connectivity index (χ0v) is 18.0. The van der Waals surface area contributed by atoms with E-state index in [1.165, 1.54) is 0 Å². The number of carboxylic acid groups (broad SMARTS) is 5. The Morgan fingerprint density at radius 1 is 0.344 bits per heavy atom. The van der Waals surface area contributed by atoms with Gasteiger partial charge in [0.05, 0.1) is 32.1 Å². The van der Waals surface area contributed by atoms with Gasteiger partial charge in [0.2, 0.25) is 0 Å². The Kier molecular flexibility index (Phi) is 15.4. The van der Waals surface area contributed by atoms with Crippen LogP contribution in [-0.4, -0.2) is 129 Å². The molecule has 0 radical (unpaired) electrons. The third-order valence-corrected chi connectivity index (χ3v) is 4.67. The van der Waals surface area contributed by atoms with E-state index >= 15 is 0 Å². The molecular formula is C19H33N3O10. The molecule has 0 amide bonds. The second kappa shape index (κ2) is 16.9. The highest BCUT2D eigenvalue weighted by Gasteiger charge is 2.16. The van der Waals surface area contributed by atoms with Gasteiger partial charge in [-0.2, -0.15) is 0 Å². The molecule has 0 saturated heterocycles. The number of hydrogen-bond acceptors (Lipinski definition) is 8. The fourth-order valence-electron chi connectivity index (χ4n) is 2.84. The van der Waals surface area contributed by atoms with Crippen molar-refractivity contribution in [1.29, 1.82) is 0 Å². The van der Waals surface area contributed by atoms with Gasteiger partial charge in [0, 0.05) is 58.9 Å². The first-order valence-electron chi connectivity index (χ1n) is 10.3. The van der Waals surface area contributed by atoms with E-state index in [9.17, 15) is 24.0 Å². The average molecular weight is 463 g/mol. The summed E-state index contributed by atoms with van der Waals surface area (Å²) in [4.78, 5) is 59.5. The smallest absolute Gasteiger partial charge is 0.304 e. The first-order valence-corrected chi connectivity index (χ1v) is 10.3. The molecule has 32 heavy (non-hydrogen) atoms. The van der Waals surface area contributed by atoms with Crippen molar-refractivity contribution in [2.45, 2.75) is 32.1 Å². The molecule has 0 aliphatic carbocycles. The van der Waals surface area contributed by atoms with Crippen LogP contribution < -0.4 is 0 Å². The van der Waals surface area contributed by atoms with Crippen LogP contribution in [0.4, 0.5) is 0 Å². The highest BCUT2D eigenvalue weighted by atomic mass is 16.4. The van der Waals surface area contributed by atoms with Gasteiger partial charge in [0.15, 0.2) is 0 Å². The molecule has 0 aliphatic heterocycles. The minimum absolute atomic E-state index is 0.144. The van der Waals surface area contributed by atoms with Gasteiger partial charge < -0.3 is 40.2 Å². The monoisotopic (exact) mass is 463 g/mol. The van der Waals surface area contributed by atoms with Crippen LogP contribution >= 0.6 is 0 Å². The summed E-state index contributed by atoms with van der Waals surface area (Å²) in [5.74, 6) is -5.06. The van der Waals surface area contributed by atoms with Gasteiger partial charge in [-0.15, -0.1) is 0 Å². The number of rotatable bonds is 21. The van der Waals surface area contributed by atoms with Gasteiger partial charge in [-0.3, -0.25) is 24.0 Å². The summed E-state index contributed by atoms with van der Waals surface area (Å²) >= 11 is 0. The molecule has 184 valence electrons. The van der Waals surface area contributed by atoms with Gasteiger partial charge in [-0.1, -0.05) is 0 Å². The van der Waals surface area contributed by atoms with Crippen LogP contribution in [0.15, 0.2) is 0 Å². The molecule has 0 aliphatic rings. The second-order valence-corrected chi connectivity index (χ2v) is 7.24. The largest absolute Gasteiger partial charge is 0.481 e.